The summed E-state index contributed by atoms with van der Waals surface area (Å²) in [5.74, 6) is 0.466. The fraction of sp³-hybridized carbons (Fsp3) is 0.562. The summed E-state index contributed by atoms with van der Waals surface area (Å²) < 4.78 is 5.06. The summed E-state index contributed by atoms with van der Waals surface area (Å²) in [5, 5.41) is 0. The van der Waals surface area contributed by atoms with Gasteiger partial charge in [0.15, 0.2) is 0 Å². The van der Waals surface area contributed by atoms with Gasteiger partial charge in [-0.3, -0.25) is 4.79 Å². The first-order chi connectivity index (χ1) is 8.76. The van der Waals surface area contributed by atoms with Gasteiger partial charge in [0, 0.05) is 0 Å². The highest BCUT2D eigenvalue weighted by Gasteiger charge is 2.44. The Balaban J connectivity index is 1.90. The lowest BCUT2D eigenvalue weighted by Gasteiger charge is -2.04. The quantitative estimate of drug-likeness (QED) is 0.715. The molecule has 0 N–H and O–H groups in total. The van der Waals surface area contributed by atoms with Crippen LogP contribution in [0.1, 0.15) is 50.2 Å². The molecule has 2 rings (SSSR count). The van der Waals surface area contributed by atoms with Crippen molar-refractivity contribution in [2.75, 3.05) is 6.61 Å². The van der Waals surface area contributed by atoms with E-state index in [1.807, 2.05) is 6.92 Å². The second-order valence-electron chi connectivity index (χ2n) is 5.05. The zero-order valence-corrected chi connectivity index (χ0v) is 11.3. The molecule has 98 valence electrons. The Morgan fingerprint density at radius 1 is 1.28 bits per heavy atom. The monoisotopic (exact) mass is 246 g/mol. The number of carbonyl (C=O) groups excluding carboxylic acids is 1. The topological polar surface area (TPSA) is 26.3 Å². The van der Waals surface area contributed by atoms with Crippen molar-refractivity contribution in [2.24, 2.45) is 5.92 Å². The summed E-state index contributed by atoms with van der Waals surface area (Å²) in [7, 11) is 0. The van der Waals surface area contributed by atoms with Gasteiger partial charge in [0.25, 0.3) is 0 Å². The molecule has 0 saturated heterocycles. The maximum absolute atomic E-state index is 11.6. The highest BCUT2D eigenvalue weighted by Crippen LogP contribution is 2.48. The zero-order valence-electron chi connectivity index (χ0n) is 11.3. The number of carbonyl (C=O) groups is 1. The summed E-state index contributed by atoms with van der Waals surface area (Å²) in [6.45, 7) is 4.55. The predicted octanol–water partition coefficient (Wildman–Crippen LogP) is 3.70. The molecule has 2 atom stereocenters. The minimum Gasteiger partial charge on any atom is -0.466 e. The van der Waals surface area contributed by atoms with E-state index in [9.17, 15) is 4.79 Å². The molecular formula is C16H22O2. The largest absolute Gasteiger partial charge is 0.466 e. The van der Waals surface area contributed by atoms with Gasteiger partial charge < -0.3 is 4.74 Å². The number of ether oxygens (including phenoxy) is 1. The Labute approximate surface area is 109 Å². The lowest BCUT2D eigenvalue weighted by Crippen LogP contribution is -2.07. The van der Waals surface area contributed by atoms with Crippen molar-refractivity contribution in [1.29, 1.82) is 0 Å². The Bertz CT molecular complexity index is 394. The third kappa shape index (κ3) is 3.12. The smallest absolute Gasteiger partial charge is 0.309 e. The van der Waals surface area contributed by atoms with Crippen molar-refractivity contribution >= 4 is 5.97 Å². The molecule has 18 heavy (non-hydrogen) atoms. The minimum atomic E-state index is -0.0300. The van der Waals surface area contributed by atoms with Crippen molar-refractivity contribution in [1.82, 2.24) is 0 Å². The van der Waals surface area contributed by atoms with Crippen LogP contribution in [0.5, 0.6) is 0 Å². The average Bonchev–Trinajstić information content (AvgIpc) is 3.17. The number of benzene rings is 1. The van der Waals surface area contributed by atoms with Gasteiger partial charge >= 0.3 is 5.97 Å². The standard InChI is InChI=1S/C16H22O2/c1-3-5-6-12-7-9-13(10-8-12)14-11-15(14)16(17)18-4-2/h7-10,14-15H,3-6,11H2,1-2H3. The molecule has 0 aromatic heterocycles. The van der Waals surface area contributed by atoms with Crippen molar-refractivity contribution in [3.8, 4) is 0 Å². The number of rotatable bonds is 6. The zero-order chi connectivity index (χ0) is 13.0. The summed E-state index contributed by atoms with van der Waals surface area (Å²) in [4.78, 5) is 11.6. The first-order valence-electron chi connectivity index (χ1n) is 7.01. The van der Waals surface area contributed by atoms with E-state index in [1.165, 1.54) is 24.0 Å². The minimum absolute atomic E-state index is 0.0300. The molecule has 1 aromatic rings. The molecule has 0 radical (unpaired) electrons. The van der Waals surface area contributed by atoms with E-state index in [1.54, 1.807) is 0 Å². The number of unbranched alkanes of at least 4 members (excludes halogenated alkanes) is 1. The van der Waals surface area contributed by atoms with E-state index >= 15 is 0 Å². The molecule has 1 aliphatic rings. The van der Waals surface area contributed by atoms with E-state index in [-0.39, 0.29) is 11.9 Å². The summed E-state index contributed by atoms with van der Waals surface area (Å²) >= 11 is 0. The Morgan fingerprint density at radius 2 is 2.00 bits per heavy atom. The maximum atomic E-state index is 11.6. The molecule has 0 bridgehead atoms. The van der Waals surface area contributed by atoms with Crippen LogP contribution in [0.15, 0.2) is 24.3 Å². The normalized spacial score (nSPS) is 21.7. The van der Waals surface area contributed by atoms with E-state index < -0.39 is 0 Å². The van der Waals surface area contributed by atoms with E-state index in [0.29, 0.717) is 12.5 Å². The molecule has 2 nitrogen and oxygen atoms in total. The summed E-state index contributed by atoms with van der Waals surface area (Å²) in [6.07, 6.45) is 4.58. The number of hydrogen-bond donors (Lipinski definition) is 0. The summed E-state index contributed by atoms with van der Waals surface area (Å²) in [5.41, 5.74) is 2.68. The van der Waals surface area contributed by atoms with Crippen LogP contribution in [0, 0.1) is 5.92 Å². The van der Waals surface area contributed by atoms with E-state index in [2.05, 4.69) is 31.2 Å². The molecule has 0 heterocycles. The predicted molar refractivity (Wildman–Crippen MR) is 72.5 cm³/mol. The van der Waals surface area contributed by atoms with Crippen LogP contribution in [-0.2, 0) is 16.0 Å². The van der Waals surface area contributed by atoms with E-state index in [4.69, 9.17) is 4.74 Å². The Hall–Kier alpha value is -1.31. The fourth-order valence-electron chi connectivity index (χ4n) is 2.39. The van der Waals surface area contributed by atoms with Gasteiger partial charge in [-0.1, -0.05) is 37.6 Å². The second-order valence-corrected chi connectivity index (χ2v) is 5.05. The lowest BCUT2D eigenvalue weighted by molar-refractivity contribution is -0.144. The Kier molecular flexibility index (Phi) is 4.40. The summed E-state index contributed by atoms with van der Waals surface area (Å²) in [6, 6.07) is 8.75. The molecule has 1 aromatic carbocycles. The number of hydrogen-bond acceptors (Lipinski definition) is 2. The van der Waals surface area contributed by atoms with Gasteiger partial charge in [-0.25, -0.2) is 0 Å². The average molecular weight is 246 g/mol. The van der Waals surface area contributed by atoms with Crippen molar-refractivity contribution in [2.45, 2.75) is 45.4 Å². The SMILES string of the molecule is CCCCc1ccc(C2CC2C(=O)OCC)cc1. The highest BCUT2D eigenvalue weighted by molar-refractivity contribution is 5.77. The van der Waals surface area contributed by atoms with Crippen LogP contribution in [0.4, 0.5) is 0 Å². The van der Waals surface area contributed by atoms with Crippen LogP contribution < -0.4 is 0 Å². The third-order valence-corrected chi connectivity index (χ3v) is 3.61. The maximum Gasteiger partial charge on any atom is 0.309 e. The molecule has 2 unspecified atom stereocenters. The second kappa shape index (κ2) is 6.03. The van der Waals surface area contributed by atoms with Crippen LogP contribution in [-0.4, -0.2) is 12.6 Å². The van der Waals surface area contributed by atoms with Crippen LogP contribution in [0.3, 0.4) is 0 Å². The van der Waals surface area contributed by atoms with Gasteiger partial charge in [0.2, 0.25) is 0 Å². The van der Waals surface area contributed by atoms with Gasteiger partial charge in [-0.05, 0) is 43.2 Å². The first kappa shape index (κ1) is 13.1. The van der Waals surface area contributed by atoms with Crippen molar-refractivity contribution in [3.05, 3.63) is 35.4 Å². The molecule has 0 spiro atoms. The lowest BCUT2D eigenvalue weighted by atomic mass is 10.0. The fourth-order valence-corrected chi connectivity index (χ4v) is 2.39. The van der Waals surface area contributed by atoms with Crippen molar-refractivity contribution in [3.63, 3.8) is 0 Å². The van der Waals surface area contributed by atoms with Gasteiger partial charge in [0.05, 0.1) is 12.5 Å². The molecule has 1 fully saturated rings. The molecule has 2 heteroatoms. The van der Waals surface area contributed by atoms with Crippen molar-refractivity contribution < 1.29 is 9.53 Å². The molecule has 1 aliphatic carbocycles. The Morgan fingerprint density at radius 3 is 2.61 bits per heavy atom. The number of aryl methyl sites for hydroxylation is 1. The highest BCUT2D eigenvalue weighted by atomic mass is 16.5. The molecule has 0 amide bonds. The van der Waals surface area contributed by atoms with Crippen LogP contribution in [0.2, 0.25) is 0 Å². The van der Waals surface area contributed by atoms with Gasteiger partial charge in [0.1, 0.15) is 0 Å². The first-order valence-corrected chi connectivity index (χ1v) is 7.01. The van der Waals surface area contributed by atoms with Gasteiger partial charge in [-0.15, -0.1) is 0 Å². The van der Waals surface area contributed by atoms with Crippen LogP contribution in [0.25, 0.3) is 0 Å². The number of esters is 1. The molecule has 1 saturated carbocycles. The third-order valence-electron chi connectivity index (χ3n) is 3.61. The molecular weight excluding hydrogens is 224 g/mol. The molecule has 0 aliphatic heterocycles. The van der Waals surface area contributed by atoms with Crippen LogP contribution >= 0.6 is 0 Å². The van der Waals surface area contributed by atoms with E-state index in [0.717, 1.165) is 12.8 Å². The van der Waals surface area contributed by atoms with Gasteiger partial charge in [-0.2, -0.15) is 0 Å².